The van der Waals surface area contributed by atoms with Crippen LogP contribution in [0.3, 0.4) is 0 Å². The maximum absolute atomic E-state index is 13.0. The lowest BCUT2D eigenvalue weighted by Gasteiger charge is -2.48. The van der Waals surface area contributed by atoms with Gasteiger partial charge in [-0.1, -0.05) is 18.2 Å². The summed E-state index contributed by atoms with van der Waals surface area (Å²) in [5.74, 6) is 0.722. The summed E-state index contributed by atoms with van der Waals surface area (Å²) in [5.41, 5.74) is 1.44. The van der Waals surface area contributed by atoms with Gasteiger partial charge in [0.2, 0.25) is 0 Å². The molecule has 6 nitrogen and oxygen atoms in total. The Morgan fingerprint density at radius 3 is 2.24 bits per heavy atom. The number of nitrogens with zero attached hydrogens (tertiary/aromatic N) is 1. The fourth-order valence-corrected chi connectivity index (χ4v) is 4.55. The van der Waals surface area contributed by atoms with Crippen LogP contribution in [-0.2, 0) is 0 Å². The molecule has 2 fully saturated rings. The van der Waals surface area contributed by atoms with E-state index in [4.69, 9.17) is 4.74 Å². The largest absolute Gasteiger partial charge is 0.497 e. The van der Waals surface area contributed by atoms with Gasteiger partial charge in [0.15, 0.2) is 0 Å². The van der Waals surface area contributed by atoms with E-state index in [2.05, 4.69) is 10.6 Å². The number of amides is 3. The fourth-order valence-electron chi connectivity index (χ4n) is 4.55. The highest BCUT2D eigenvalue weighted by molar-refractivity contribution is 5.94. The Morgan fingerprint density at radius 1 is 0.966 bits per heavy atom. The molecule has 0 saturated carbocycles. The van der Waals surface area contributed by atoms with Crippen molar-refractivity contribution in [2.45, 2.75) is 50.2 Å². The van der Waals surface area contributed by atoms with Crippen molar-refractivity contribution in [2.75, 3.05) is 12.4 Å². The summed E-state index contributed by atoms with van der Waals surface area (Å²) in [4.78, 5) is 27.5. The highest BCUT2D eigenvalue weighted by Gasteiger charge is 2.41. The van der Waals surface area contributed by atoms with Crippen LogP contribution in [0.25, 0.3) is 0 Å². The van der Waals surface area contributed by atoms with Crippen LogP contribution in [0, 0.1) is 0 Å². The molecule has 3 amide bonds. The van der Waals surface area contributed by atoms with Crippen LogP contribution < -0.4 is 15.4 Å². The predicted octanol–water partition coefficient (Wildman–Crippen LogP) is 4.04. The number of urea groups is 1. The Morgan fingerprint density at radius 2 is 1.62 bits per heavy atom. The van der Waals surface area contributed by atoms with Gasteiger partial charge in [0.25, 0.3) is 5.91 Å². The summed E-state index contributed by atoms with van der Waals surface area (Å²) in [5, 5.41) is 6.19. The quantitative estimate of drug-likeness (QED) is 0.823. The lowest BCUT2D eigenvalue weighted by Crippen LogP contribution is -2.59. The Balaban J connectivity index is 1.40. The molecule has 0 unspecified atom stereocenters. The summed E-state index contributed by atoms with van der Waals surface area (Å²) in [6.45, 7) is 0. The van der Waals surface area contributed by atoms with Gasteiger partial charge in [0, 0.05) is 29.4 Å². The third-order valence-corrected chi connectivity index (χ3v) is 5.92. The molecule has 29 heavy (non-hydrogen) atoms. The number of piperidine rings is 2. The van der Waals surface area contributed by atoms with Gasteiger partial charge in [-0.3, -0.25) is 4.79 Å². The normalized spacial score (nSPS) is 23.2. The van der Waals surface area contributed by atoms with E-state index in [0.717, 1.165) is 43.5 Å². The van der Waals surface area contributed by atoms with Gasteiger partial charge in [0.1, 0.15) is 5.75 Å². The second-order valence-corrected chi connectivity index (χ2v) is 7.81. The standard InChI is InChI=1S/C23H27N3O3/c1-29-21-12-10-17(11-13-21)25-23(28)26-19-8-5-9-20(26)15-18(14-19)24-22(27)16-6-3-2-4-7-16/h2-4,6-7,10-13,18-20H,5,8-9,14-15H2,1H3,(H,24,27)(H,25,28)/t19-,20-/m1/s1. The average Bonchev–Trinajstić information content (AvgIpc) is 2.74. The van der Waals surface area contributed by atoms with Crippen molar-refractivity contribution in [1.29, 1.82) is 0 Å². The summed E-state index contributed by atoms with van der Waals surface area (Å²) >= 11 is 0. The number of carbonyl (C=O) groups excluding carboxylic acids is 2. The van der Waals surface area contributed by atoms with E-state index in [1.165, 1.54) is 0 Å². The first-order chi connectivity index (χ1) is 14.1. The van der Waals surface area contributed by atoms with Gasteiger partial charge >= 0.3 is 6.03 Å². The molecule has 2 saturated heterocycles. The molecule has 2 aliphatic rings. The number of ether oxygens (including phenoxy) is 1. The van der Waals surface area contributed by atoms with Crippen LogP contribution in [-0.4, -0.2) is 42.1 Å². The molecule has 0 aromatic heterocycles. The lowest BCUT2D eigenvalue weighted by molar-refractivity contribution is 0.0577. The van der Waals surface area contributed by atoms with Crippen LogP contribution in [0.5, 0.6) is 5.75 Å². The monoisotopic (exact) mass is 393 g/mol. The Labute approximate surface area is 171 Å². The summed E-state index contributed by atoms with van der Waals surface area (Å²) in [7, 11) is 1.62. The van der Waals surface area contributed by atoms with Crippen molar-refractivity contribution in [1.82, 2.24) is 10.2 Å². The van der Waals surface area contributed by atoms with Gasteiger partial charge in [0.05, 0.1) is 7.11 Å². The van der Waals surface area contributed by atoms with Crippen LogP contribution in [0.1, 0.15) is 42.5 Å². The summed E-state index contributed by atoms with van der Waals surface area (Å²) < 4.78 is 5.17. The molecule has 2 aromatic carbocycles. The molecule has 0 aliphatic carbocycles. The van der Waals surface area contributed by atoms with Crippen molar-refractivity contribution < 1.29 is 14.3 Å². The third kappa shape index (κ3) is 4.36. The third-order valence-electron chi connectivity index (χ3n) is 5.92. The van der Waals surface area contributed by atoms with E-state index in [0.29, 0.717) is 5.56 Å². The molecule has 0 spiro atoms. The molecule has 0 radical (unpaired) electrons. The smallest absolute Gasteiger partial charge is 0.322 e. The SMILES string of the molecule is COc1ccc(NC(=O)N2[C@@H]3CCC[C@@H]2CC(NC(=O)c2ccccc2)C3)cc1. The van der Waals surface area contributed by atoms with Gasteiger partial charge in [-0.05, 0) is 68.5 Å². The summed E-state index contributed by atoms with van der Waals surface area (Å²) in [6, 6.07) is 17.0. The molecule has 4 rings (SSSR count). The molecule has 2 N–H and O–H groups in total. The van der Waals surface area contributed by atoms with Crippen molar-refractivity contribution in [3.63, 3.8) is 0 Å². The molecule has 2 aliphatic heterocycles. The average molecular weight is 393 g/mol. The molecule has 6 heteroatoms. The molecular formula is C23H27N3O3. The summed E-state index contributed by atoms with van der Waals surface area (Å²) in [6.07, 6.45) is 4.67. The Hall–Kier alpha value is -3.02. The van der Waals surface area contributed by atoms with Crippen molar-refractivity contribution in [3.05, 3.63) is 60.2 Å². The fraction of sp³-hybridized carbons (Fsp3) is 0.391. The molecule has 152 valence electrons. The number of carbonyl (C=O) groups is 2. The number of methoxy groups -OCH3 is 1. The number of anilines is 1. The van der Waals surface area contributed by atoms with E-state index in [1.54, 1.807) is 7.11 Å². The van der Waals surface area contributed by atoms with Crippen LogP contribution in [0.15, 0.2) is 54.6 Å². The minimum absolute atomic E-state index is 0.0372. The molecule has 2 heterocycles. The zero-order valence-corrected chi connectivity index (χ0v) is 16.6. The zero-order chi connectivity index (χ0) is 20.2. The Kier molecular flexibility index (Phi) is 5.69. The topological polar surface area (TPSA) is 70.7 Å². The molecule has 2 aromatic rings. The van der Waals surface area contributed by atoms with E-state index >= 15 is 0 Å². The van der Waals surface area contributed by atoms with Crippen molar-refractivity contribution >= 4 is 17.6 Å². The number of rotatable bonds is 4. The second-order valence-electron chi connectivity index (χ2n) is 7.81. The zero-order valence-electron chi connectivity index (χ0n) is 16.6. The number of nitrogens with one attached hydrogen (secondary N) is 2. The van der Waals surface area contributed by atoms with E-state index in [9.17, 15) is 9.59 Å². The van der Waals surface area contributed by atoms with E-state index in [1.807, 2.05) is 59.5 Å². The minimum atomic E-state index is -0.0577. The first-order valence-electron chi connectivity index (χ1n) is 10.2. The first kappa shape index (κ1) is 19.3. The van der Waals surface area contributed by atoms with Gasteiger partial charge < -0.3 is 20.3 Å². The van der Waals surface area contributed by atoms with Gasteiger partial charge in [-0.15, -0.1) is 0 Å². The predicted molar refractivity (Wildman–Crippen MR) is 112 cm³/mol. The first-order valence-corrected chi connectivity index (χ1v) is 10.2. The highest BCUT2D eigenvalue weighted by atomic mass is 16.5. The minimum Gasteiger partial charge on any atom is -0.497 e. The second kappa shape index (κ2) is 8.55. The number of hydrogen-bond acceptors (Lipinski definition) is 3. The highest BCUT2D eigenvalue weighted by Crippen LogP contribution is 2.34. The molecular weight excluding hydrogens is 366 g/mol. The number of fused-ring (bicyclic) bond motifs is 2. The van der Waals surface area contributed by atoms with Gasteiger partial charge in [-0.25, -0.2) is 4.79 Å². The van der Waals surface area contributed by atoms with Crippen LogP contribution >= 0.6 is 0 Å². The van der Waals surface area contributed by atoms with Crippen LogP contribution in [0.4, 0.5) is 10.5 Å². The molecule has 2 atom stereocenters. The van der Waals surface area contributed by atoms with E-state index in [-0.39, 0.29) is 30.1 Å². The van der Waals surface area contributed by atoms with Crippen molar-refractivity contribution in [2.24, 2.45) is 0 Å². The van der Waals surface area contributed by atoms with Gasteiger partial charge in [-0.2, -0.15) is 0 Å². The van der Waals surface area contributed by atoms with Crippen molar-refractivity contribution in [3.8, 4) is 5.75 Å². The Bertz CT molecular complexity index is 839. The number of benzene rings is 2. The lowest BCUT2D eigenvalue weighted by atomic mass is 9.82. The number of hydrogen-bond donors (Lipinski definition) is 2. The van der Waals surface area contributed by atoms with E-state index < -0.39 is 0 Å². The maximum Gasteiger partial charge on any atom is 0.322 e. The maximum atomic E-state index is 13.0. The van der Waals surface area contributed by atoms with Crippen LogP contribution in [0.2, 0.25) is 0 Å². The molecule has 2 bridgehead atoms.